The Kier molecular flexibility index (Phi) is 5.49. The van der Waals surface area contributed by atoms with Crippen molar-refractivity contribution in [3.8, 4) is 0 Å². The van der Waals surface area contributed by atoms with Gasteiger partial charge in [0.05, 0.1) is 11.4 Å². The van der Waals surface area contributed by atoms with E-state index in [0.717, 1.165) is 30.3 Å². The van der Waals surface area contributed by atoms with Crippen LogP contribution in [0.25, 0.3) is 0 Å². The van der Waals surface area contributed by atoms with E-state index in [9.17, 15) is 4.39 Å². The smallest absolute Gasteiger partial charge is 0.190 e. The normalized spacial score (nSPS) is 10.8. The van der Waals surface area contributed by atoms with Crippen LogP contribution in [-0.4, -0.2) is 18.1 Å². The van der Waals surface area contributed by atoms with Crippen molar-refractivity contribution in [1.82, 2.24) is 10.3 Å². The molecule has 3 nitrogen and oxygen atoms in total. The fourth-order valence-electron chi connectivity index (χ4n) is 1.97. The van der Waals surface area contributed by atoms with Crippen molar-refractivity contribution >= 4 is 22.2 Å². The molecular formula is C15H20FN3S. The molecule has 0 bridgehead atoms. The monoisotopic (exact) mass is 293 g/mol. The molecule has 0 fully saturated rings. The first-order chi connectivity index (χ1) is 9.76. The molecule has 1 aromatic carbocycles. The largest absolute Gasteiger partial charge is 0.315 e. The van der Waals surface area contributed by atoms with Gasteiger partial charge >= 0.3 is 0 Å². The number of rotatable bonds is 7. The summed E-state index contributed by atoms with van der Waals surface area (Å²) in [5.41, 5.74) is 1.59. The predicted molar refractivity (Wildman–Crippen MR) is 83.2 cm³/mol. The second-order valence-corrected chi connectivity index (χ2v) is 5.33. The summed E-state index contributed by atoms with van der Waals surface area (Å²) in [5.74, 6) is -0.213. The van der Waals surface area contributed by atoms with Crippen LogP contribution < -0.4 is 10.2 Å². The number of halogens is 1. The van der Waals surface area contributed by atoms with Crippen molar-refractivity contribution in [1.29, 1.82) is 0 Å². The summed E-state index contributed by atoms with van der Waals surface area (Å²) < 4.78 is 13.9. The van der Waals surface area contributed by atoms with Gasteiger partial charge in [-0.15, -0.1) is 11.3 Å². The van der Waals surface area contributed by atoms with Crippen LogP contribution in [-0.2, 0) is 6.54 Å². The Balaban J connectivity index is 2.14. The maximum Gasteiger partial charge on any atom is 0.190 e. The van der Waals surface area contributed by atoms with E-state index in [1.165, 1.54) is 6.07 Å². The van der Waals surface area contributed by atoms with Gasteiger partial charge in [-0.1, -0.05) is 19.1 Å². The highest BCUT2D eigenvalue weighted by Gasteiger charge is 2.14. The maximum atomic E-state index is 13.9. The minimum atomic E-state index is -0.213. The average Bonchev–Trinajstić information content (AvgIpc) is 2.91. The van der Waals surface area contributed by atoms with Gasteiger partial charge in [0.25, 0.3) is 0 Å². The Morgan fingerprint density at radius 1 is 1.30 bits per heavy atom. The Morgan fingerprint density at radius 3 is 2.80 bits per heavy atom. The van der Waals surface area contributed by atoms with Gasteiger partial charge in [0, 0.05) is 18.5 Å². The lowest BCUT2D eigenvalue weighted by Crippen LogP contribution is -2.18. The van der Waals surface area contributed by atoms with Gasteiger partial charge < -0.3 is 10.2 Å². The molecule has 20 heavy (non-hydrogen) atoms. The van der Waals surface area contributed by atoms with Crippen molar-refractivity contribution < 1.29 is 4.39 Å². The molecule has 0 aliphatic carbocycles. The molecule has 0 aliphatic heterocycles. The number of benzene rings is 1. The molecule has 0 unspecified atom stereocenters. The summed E-state index contributed by atoms with van der Waals surface area (Å²) in [6.07, 6.45) is 1.10. The third-order valence-corrected chi connectivity index (χ3v) is 3.88. The molecule has 1 aromatic heterocycles. The van der Waals surface area contributed by atoms with Gasteiger partial charge in [-0.3, -0.25) is 0 Å². The molecule has 0 aliphatic rings. The third kappa shape index (κ3) is 3.55. The summed E-state index contributed by atoms with van der Waals surface area (Å²) in [5, 5.41) is 6.19. The van der Waals surface area contributed by atoms with Gasteiger partial charge in [-0.2, -0.15) is 0 Å². The summed E-state index contributed by atoms with van der Waals surface area (Å²) in [6.45, 7) is 6.58. The Hall–Kier alpha value is -1.46. The van der Waals surface area contributed by atoms with Crippen LogP contribution in [0.3, 0.4) is 0 Å². The standard InChI is InChI=1S/C15H20FN3S/c1-3-9-17-10-12-11-20-15(18-12)19(4-2)14-8-6-5-7-13(14)16/h5-8,11,17H,3-4,9-10H2,1-2H3. The quantitative estimate of drug-likeness (QED) is 0.784. The lowest BCUT2D eigenvalue weighted by atomic mass is 10.3. The first-order valence-corrected chi connectivity index (χ1v) is 7.81. The molecule has 5 heteroatoms. The van der Waals surface area contributed by atoms with Crippen LogP contribution in [0.4, 0.5) is 15.2 Å². The highest BCUT2D eigenvalue weighted by Crippen LogP contribution is 2.30. The summed E-state index contributed by atoms with van der Waals surface area (Å²) >= 11 is 1.55. The molecule has 2 aromatic rings. The molecular weight excluding hydrogens is 273 g/mol. The molecule has 0 atom stereocenters. The number of nitrogens with one attached hydrogen (secondary N) is 1. The Bertz CT molecular complexity index is 541. The topological polar surface area (TPSA) is 28.2 Å². The fraction of sp³-hybridized carbons (Fsp3) is 0.400. The molecule has 0 saturated heterocycles. The van der Waals surface area contributed by atoms with E-state index < -0.39 is 0 Å². The molecule has 1 heterocycles. The zero-order valence-corrected chi connectivity index (χ0v) is 12.7. The van der Waals surface area contributed by atoms with E-state index in [1.807, 2.05) is 23.3 Å². The van der Waals surface area contributed by atoms with Gasteiger partial charge in [-0.05, 0) is 32.0 Å². The predicted octanol–water partition coefficient (Wildman–Crippen LogP) is 3.94. The van der Waals surface area contributed by atoms with Crippen LogP contribution in [0, 0.1) is 5.82 Å². The minimum absolute atomic E-state index is 0.213. The first kappa shape index (κ1) is 14.9. The van der Waals surface area contributed by atoms with E-state index in [4.69, 9.17) is 0 Å². The number of hydrogen-bond donors (Lipinski definition) is 1. The molecule has 0 saturated carbocycles. The van der Waals surface area contributed by atoms with E-state index in [1.54, 1.807) is 23.5 Å². The number of para-hydroxylation sites is 1. The molecule has 0 amide bonds. The van der Waals surface area contributed by atoms with Crippen LogP contribution in [0.2, 0.25) is 0 Å². The average molecular weight is 293 g/mol. The molecule has 2 rings (SSSR count). The number of hydrogen-bond acceptors (Lipinski definition) is 4. The summed E-state index contributed by atoms with van der Waals surface area (Å²) in [4.78, 5) is 6.49. The first-order valence-electron chi connectivity index (χ1n) is 6.93. The zero-order chi connectivity index (χ0) is 14.4. The highest BCUT2D eigenvalue weighted by molar-refractivity contribution is 7.13. The van der Waals surface area contributed by atoms with Crippen molar-refractivity contribution in [3.05, 3.63) is 41.2 Å². The van der Waals surface area contributed by atoms with Crippen molar-refractivity contribution in [2.75, 3.05) is 18.0 Å². The lowest BCUT2D eigenvalue weighted by Gasteiger charge is -2.20. The number of aromatic nitrogens is 1. The van der Waals surface area contributed by atoms with Crippen molar-refractivity contribution in [2.24, 2.45) is 0 Å². The van der Waals surface area contributed by atoms with Gasteiger partial charge in [0.2, 0.25) is 0 Å². The van der Waals surface area contributed by atoms with E-state index in [2.05, 4.69) is 17.2 Å². The molecule has 1 N–H and O–H groups in total. The Labute approximate surface area is 123 Å². The highest BCUT2D eigenvalue weighted by atomic mass is 32.1. The van der Waals surface area contributed by atoms with Crippen molar-refractivity contribution in [2.45, 2.75) is 26.8 Å². The number of nitrogens with zero attached hydrogens (tertiary/aromatic N) is 2. The second-order valence-electron chi connectivity index (χ2n) is 4.49. The van der Waals surface area contributed by atoms with Crippen LogP contribution >= 0.6 is 11.3 Å². The third-order valence-electron chi connectivity index (χ3n) is 2.96. The van der Waals surface area contributed by atoms with Crippen LogP contribution in [0.5, 0.6) is 0 Å². The summed E-state index contributed by atoms with van der Waals surface area (Å²) in [6, 6.07) is 6.82. The summed E-state index contributed by atoms with van der Waals surface area (Å²) in [7, 11) is 0. The molecule has 0 spiro atoms. The maximum absolute atomic E-state index is 13.9. The van der Waals surface area contributed by atoms with Gasteiger partial charge in [0.1, 0.15) is 5.82 Å². The lowest BCUT2D eigenvalue weighted by molar-refractivity contribution is 0.625. The van der Waals surface area contributed by atoms with Crippen molar-refractivity contribution in [3.63, 3.8) is 0 Å². The van der Waals surface area contributed by atoms with E-state index in [-0.39, 0.29) is 5.82 Å². The van der Waals surface area contributed by atoms with Crippen LogP contribution in [0.1, 0.15) is 26.0 Å². The number of anilines is 2. The van der Waals surface area contributed by atoms with E-state index >= 15 is 0 Å². The fourth-order valence-corrected chi connectivity index (χ4v) is 2.88. The second kappa shape index (κ2) is 7.36. The minimum Gasteiger partial charge on any atom is -0.315 e. The SMILES string of the molecule is CCCNCc1csc(N(CC)c2ccccc2F)n1. The van der Waals surface area contributed by atoms with Gasteiger partial charge in [0.15, 0.2) is 5.13 Å². The molecule has 0 radical (unpaired) electrons. The van der Waals surface area contributed by atoms with Gasteiger partial charge in [-0.25, -0.2) is 9.37 Å². The van der Waals surface area contributed by atoms with E-state index in [0.29, 0.717) is 12.2 Å². The number of thiazole rings is 1. The Morgan fingerprint density at radius 2 is 2.10 bits per heavy atom. The zero-order valence-electron chi connectivity index (χ0n) is 11.9. The van der Waals surface area contributed by atoms with Crippen LogP contribution in [0.15, 0.2) is 29.6 Å². The molecule has 108 valence electrons.